The van der Waals surface area contributed by atoms with Gasteiger partial charge in [-0.2, -0.15) is 0 Å². The van der Waals surface area contributed by atoms with Crippen LogP contribution < -0.4 is 5.32 Å². The first-order valence-electron chi connectivity index (χ1n) is 5.15. The van der Waals surface area contributed by atoms with E-state index in [0.717, 1.165) is 11.4 Å². The Morgan fingerprint density at radius 3 is 2.60 bits per heavy atom. The summed E-state index contributed by atoms with van der Waals surface area (Å²) in [6.07, 6.45) is 0. The Balaban J connectivity index is 2.43. The number of ether oxygens (including phenoxy) is 1. The van der Waals surface area contributed by atoms with Gasteiger partial charge < -0.3 is 10.1 Å². The molecule has 0 aromatic carbocycles. The number of aryl methyl sites for hydroxylation is 1. The molecule has 0 aliphatic heterocycles. The predicted molar refractivity (Wildman–Crippen MR) is 56.4 cm³/mol. The van der Waals surface area contributed by atoms with Crippen molar-refractivity contribution in [2.24, 2.45) is 5.92 Å². The fraction of sp³-hybridized carbons (Fsp3) is 0.800. The first-order chi connectivity index (χ1) is 7.15. The maximum Gasteiger partial charge on any atom is 0.121 e. The summed E-state index contributed by atoms with van der Waals surface area (Å²) in [5, 5.41) is 10.9. The monoisotopic (exact) mass is 213 g/mol. The third kappa shape index (κ3) is 3.60. The first kappa shape index (κ1) is 12.1. The molecule has 0 radical (unpaired) electrons. The van der Waals surface area contributed by atoms with Crippen LogP contribution in [0, 0.1) is 12.8 Å². The molecular weight excluding hydrogens is 194 g/mol. The van der Waals surface area contributed by atoms with Crippen LogP contribution in [0.1, 0.15) is 25.2 Å². The van der Waals surface area contributed by atoms with Crippen LogP contribution in [0.3, 0.4) is 0 Å². The highest BCUT2D eigenvalue weighted by molar-refractivity contribution is 5.04. The maximum atomic E-state index is 5.14. The molecule has 0 spiro atoms. The van der Waals surface area contributed by atoms with Crippen molar-refractivity contribution in [2.75, 3.05) is 13.7 Å². The Hall–Kier alpha value is -0.940. The van der Waals surface area contributed by atoms with E-state index in [2.05, 4.69) is 34.1 Å². The molecule has 0 aliphatic rings. The minimum atomic E-state index is 0.325. The SMILES string of the molecule is COCC(NCc1nonc1C)C(C)C. The fourth-order valence-electron chi connectivity index (χ4n) is 1.30. The van der Waals surface area contributed by atoms with Gasteiger partial charge in [0, 0.05) is 19.7 Å². The van der Waals surface area contributed by atoms with Gasteiger partial charge in [0.05, 0.1) is 6.61 Å². The van der Waals surface area contributed by atoms with E-state index in [1.165, 1.54) is 0 Å². The Bertz CT molecular complexity index is 286. The molecule has 1 unspecified atom stereocenters. The van der Waals surface area contributed by atoms with Crippen LogP contribution in [-0.4, -0.2) is 30.1 Å². The number of rotatable bonds is 6. The molecule has 1 aromatic rings. The van der Waals surface area contributed by atoms with Crippen molar-refractivity contribution < 1.29 is 9.37 Å². The molecule has 0 saturated heterocycles. The van der Waals surface area contributed by atoms with E-state index in [1.54, 1.807) is 7.11 Å². The van der Waals surface area contributed by atoms with Crippen molar-refractivity contribution in [3.63, 3.8) is 0 Å². The number of methoxy groups -OCH3 is 1. The van der Waals surface area contributed by atoms with Crippen LogP contribution in [0.5, 0.6) is 0 Å². The van der Waals surface area contributed by atoms with Gasteiger partial charge in [0.15, 0.2) is 0 Å². The summed E-state index contributed by atoms with van der Waals surface area (Å²) in [6, 6.07) is 0.325. The van der Waals surface area contributed by atoms with Crippen molar-refractivity contribution in [1.29, 1.82) is 0 Å². The molecular formula is C10H19N3O2. The smallest absolute Gasteiger partial charge is 0.121 e. The van der Waals surface area contributed by atoms with Gasteiger partial charge >= 0.3 is 0 Å². The van der Waals surface area contributed by atoms with Gasteiger partial charge in [0.2, 0.25) is 0 Å². The molecule has 15 heavy (non-hydrogen) atoms. The number of nitrogens with zero attached hydrogens (tertiary/aromatic N) is 2. The quantitative estimate of drug-likeness (QED) is 0.767. The Morgan fingerprint density at radius 2 is 2.13 bits per heavy atom. The number of nitrogens with one attached hydrogen (secondary N) is 1. The second-order valence-corrected chi connectivity index (χ2v) is 3.98. The molecule has 0 bridgehead atoms. The van der Waals surface area contributed by atoms with E-state index < -0.39 is 0 Å². The topological polar surface area (TPSA) is 60.2 Å². The Morgan fingerprint density at radius 1 is 1.40 bits per heavy atom. The Labute approximate surface area is 90.2 Å². The molecule has 1 atom stereocenters. The second-order valence-electron chi connectivity index (χ2n) is 3.98. The van der Waals surface area contributed by atoms with E-state index in [9.17, 15) is 0 Å². The predicted octanol–water partition coefficient (Wildman–Crippen LogP) is 1.14. The summed E-state index contributed by atoms with van der Waals surface area (Å²) >= 11 is 0. The minimum Gasteiger partial charge on any atom is -0.383 e. The zero-order valence-electron chi connectivity index (χ0n) is 9.78. The zero-order valence-corrected chi connectivity index (χ0v) is 9.78. The van der Waals surface area contributed by atoms with Gasteiger partial charge in [0.1, 0.15) is 11.4 Å². The average molecular weight is 213 g/mol. The molecule has 0 saturated carbocycles. The standard InChI is InChI=1S/C10H19N3O2/c1-7(2)10(6-14-4)11-5-9-8(3)12-15-13-9/h7,10-11H,5-6H2,1-4H3. The summed E-state index contributed by atoms with van der Waals surface area (Å²) in [6.45, 7) is 7.56. The summed E-state index contributed by atoms with van der Waals surface area (Å²) in [5.41, 5.74) is 1.69. The lowest BCUT2D eigenvalue weighted by atomic mass is 10.1. The normalized spacial score (nSPS) is 13.4. The zero-order chi connectivity index (χ0) is 11.3. The summed E-state index contributed by atoms with van der Waals surface area (Å²) < 4.78 is 9.77. The van der Waals surface area contributed by atoms with Gasteiger partial charge in [0.25, 0.3) is 0 Å². The van der Waals surface area contributed by atoms with Gasteiger partial charge in [-0.05, 0) is 12.8 Å². The van der Waals surface area contributed by atoms with Crippen LogP contribution in [0.15, 0.2) is 4.63 Å². The molecule has 86 valence electrons. The highest BCUT2D eigenvalue weighted by Gasteiger charge is 2.14. The maximum absolute atomic E-state index is 5.14. The summed E-state index contributed by atoms with van der Waals surface area (Å²) in [4.78, 5) is 0. The van der Waals surface area contributed by atoms with E-state index in [-0.39, 0.29) is 0 Å². The van der Waals surface area contributed by atoms with E-state index >= 15 is 0 Å². The average Bonchev–Trinajstić information content (AvgIpc) is 2.58. The molecule has 1 heterocycles. The highest BCUT2D eigenvalue weighted by Crippen LogP contribution is 2.05. The third-order valence-corrected chi connectivity index (χ3v) is 2.43. The largest absolute Gasteiger partial charge is 0.383 e. The molecule has 1 aromatic heterocycles. The van der Waals surface area contributed by atoms with Crippen LogP contribution in [0.4, 0.5) is 0 Å². The molecule has 1 N–H and O–H groups in total. The molecule has 0 aliphatic carbocycles. The van der Waals surface area contributed by atoms with Gasteiger partial charge in [-0.15, -0.1) is 0 Å². The van der Waals surface area contributed by atoms with Crippen molar-refractivity contribution in [2.45, 2.75) is 33.4 Å². The minimum absolute atomic E-state index is 0.325. The van der Waals surface area contributed by atoms with Crippen molar-refractivity contribution in [3.8, 4) is 0 Å². The van der Waals surface area contributed by atoms with Crippen molar-refractivity contribution in [1.82, 2.24) is 15.6 Å². The lowest BCUT2D eigenvalue weighted by molar-refractivity contribution is 0.146. The van der Waals surface area contributed by atoms with E-state index in [1.807, 2.05) is 6.92 Å². The molecule has 0 fully saturated rings. The second kappa shape index (κ2) is 5.82. The number of hydrogen-bond acceptors (Lipinski definition) is 5. The third-order valence-electron chi connectivity index (χ3n) is 2.43. The van der Waals surface area contributed by atoms with E-state index in [4.69, 9.17) is 4.74 Å². The van der Waals surface area contributed by atoms with Gasteiger partial charge in [-0.1, -0.05) is 24.2 Å². The fourth-order valence-corrected chi connectivity index (χ4v) is 1.30. The lowest BCUT2D eigenvalue weighted by Crippen LogP contribution is -2.37. The van der Waals surface area contributed by atoms with Gasteiger partial charge in [-0.3, -0.25) is 0 Å². The van der Waals surface area contributed by atoms with Crippen molar-refractivity contribution >= 4 is 0 Å². The summed E-state index contributed by atoms with van der Waals surface area (Å²) in [7, 11) is 1.71. The summed E-state index contributed by atoms with van der Waals surface area (Å²) in [5.74, 6) is 0.519. The molecule has 5 nitrogen and oxygen atoms in total. The number of aromatic nitrogens is 2. The van der Waals surface area contributed by atoms with Crippen LogP contribution >= 0.6 is 0 Å². The number of hydrogen-bond donors (Lipinski definition) is 1. The molecule has 1 rings (SSSR count). The highest BCUT2D eigenvalue weighted by atomic mass is 16.6. The Kier molecular flexibility index (Phi) is 4.71. The van der Waals surface area contributed by atoms with Gasteiger partial charge in [-0.25, -0.2) is 4.63 Å². The lowest BCUT2D eigenvalue weighted by Gasteiger charge is -2.20. The van der Waals surface area contributed by atoms with Crippen LogP contribution in [0.25, 0.3) is 0 Å². The molecule has 0 amide bonds. The molecule has 5 heteroatoms. The first-order valence-corrected chi connectivity index (χ1v) is 5.15. The van der Waals surface area contributed by atoms with Crippen molar-refractivity contribution in [3.05, 3.63) is 11.4 Å². The van der Waals surface area contributed by atoms with Crippen LogP contribution in [0.2, 0.25) is 0 Å². The van der Waals surface area contributed by atoms with Crippen LogP contribution in [-0.2, 0) is 11.3 Å². The van der Waals surface area contributed by atoms with E-state index in [0.29, 0.717) is 25.1 Å².